The van der Waals surface area contributed by atoms with Crippen LogP contribution in [0.15, 0.2) is 18.3 Å². The first-order chi connectivity index (χ1) is 7.81. The summed E-state index contributed by atoms with van der Waals surface area (Å²) >= 11 is 0. The third-order valence-electron chi connectivity index (χ3n) is 2.40. The minimum absolute atomic E-state index is 0.702. The molecule has 0 saturated heterocycles. The quantitative estimate of drug-likeness (QED) is 0.756. The van der Waals surface area contributed by atoms with Crippen LogP contribution in [0.4, 0.5) is 0 Å². The Bertz CT molecular complexity index is 466. The standard InChI is InChI=1S/C11H16N4O/c1-9-3-5-15-10(7-9)13-14-11(15)8-12-4-6-16-2/h3,5,7,12H,4,6,8H2,1-2H3. The van der Waals surface area contributed by atoms with E-state index in [1.54, 1.807) is 7.11 Å². The van der Waals surface area contributed by atoms with Gasteiger partial charge in [-0.1, -0.05) is 0 Å². The van der Waals surface area contributed by atoms with Gasteiger partial charge in [0.2, 0.25) is 0 Å². The first-order valence-electron chi connectivity index (χ1n) is 5.31. The number of fused-ring (bicyclic) bond motifs is 1. The molecule has 0 aromatic carbocycles. The maximum Gasteiger partial charge on any atom is 0.161 e. The predicted molar refractivity (Wildman–Crippen MR) is 61.3 cm³/mol. The lowest BCUT2D eigenvalue weighted by Gasteiger charge is -2.02. The van der Waals surface area contributed by atoms with Crippen molar-refractivity contribution in [1.29, 1.82) is 0 Å². The van der Waals surface area contributed by atoms with E-state index in [0.29, 0.717) is 13.2 Å². The Hall–Kier alpha value is -1.46. The minimum atomic E-state index is 0.702. The lowest BCUT2D eigenvalue weighted by molar-refractivity contribution is 0.199. The summed E-state index contributed by atoms with van der Waals surface area (Å²) in [5.41, 5.74) is 2.09. The van der Waals surface area contributed by atoms with Crippen molar-refractivity contribution in [2.75, 3.05) is 20.3 Å². The van der Waals surface area contributed by atoms with Crippen molar-refractivity contribution in [1.82, 2.24) is 19.9 Å². The largest absolute Gasteiger partial charge is 0.383 e. The van der Waals surface area contributed by atoms with Crippen molar-refractivity contribution in [3.63, 3.8) is 0 Å². The summed E-state index contributed by atoms with van der Waals surface area (Å²) in [5, 5.41) is 11.5. The van der Waals surface area contributed by atoms with E-state index in [-0.39, 0.29) is 0 Å². The summed E-state index contributed by atoms with van der Waals surface area (Å²) in [6.45, 7) is 4.27. The van der Waals surface area contributed by atoms with Crippen LogP contribution >= 0.6 is 0 Å². The SMILES string of the molecule is COCCNCc1nnc2cc(C)ccn12. The minimum Gasteiger partial charge on any atom is -0.383 e. The summed E-state index contributed by atoms with van der Waals surface area (Å²) < 4.78 is 6.95. The van der Waals surface area contributed by atoms with Crippen LogP contribution in [0.1, 0.15) is 11.4 Å². The number of rotatable bonds is 5. The zero-order valence-electron chi connectivity index (χ0n) is 9.60. The van der Waals surface area contributed by atoms with E-state index in [1.165, 1.54) is 5.56 Å². The van der Waals surface area contributed by atoms with Gasteiger partial charge in [-0.3, -0.25) is 4.40 Å². The number of aromatic nitrogens is 3. The molecule has 2 heterocycles. The molecule has 0 fully saturated rings. The fourth-order valence-corrected chi connectivity index (χ4v) is 1.54. The molecule has 0 aliphatic carbocycles. The first-order valence-corrected chi connectivity index (χ1v) is 5.31. The summed E-state index contributed by atoms with van der Waals surface area (Å²) in [4.78, 5) is 0. The summed E-state index contributed by atoms with van der Waals surface area (Å²) in [7, 11) is 1.69. The van der Waals surface area contributed by atoms with E-state index < -0.39 is 0 Å². The van der Waals surface area contributed by atoms with Gasteiger partial charge in [0.05, 0.1) is 13.2 Å². The molecule has 2 aromatic rings. The molecule has 16 heavy (non-hydrogen) atoms. The maximum absolute atomic E-state index is 4.96. The van der Waals surface area contributed by atoms with Gasteiger partial charge < -0.3 is 10.1 Å². The molecule has 0 aliphatic heterocycles. The number of hydrogen-bond acceptors (Lipinski definition) is 4. The zero-order chi connectivity index (χ0) is 11.4. The number of methoxy groups -OCH3 is 1. The van der Waals surface area contributed by atoms with Gasteiger partial charge in [-0.25, -0.2) is 0 Å². The highest BCUT2D eigenvalue weighted by Crippen LogP contribution is 2.05. The molecule has 2 rings (SSSR count). The van der Waals surface area contributed by atoms with Gasteiger partial charge in [-0.2, -0.15) is 0 Å². The van der Waals surface area contributed by atoms with Gasteiger partial charge in [-0.05, 0) is 24.6 Å². The summed E-state index contributed by atoms with van der Waals surface area (Å²) in [6.07, 6.45) is 2.00. The van der Waals surface area contributed by atoms with Crippen molar-refractivity contribution >= 4 is 5.65 Å². The van der Waals surface area contributed by atoms with Crippen molar-refractivity contribution in [2.24, 2.45) is 0 Å². The molecular formula is C11H16N4O. The van der Waals surface area contributed by atoms with Crippen LogP contribution in [0.25, 0.3) is 5.65 Å². The van der Waals surface area contributed by atoms with Crippen LogP contribution in [0.3, 0.4) is 0 Å². The molecule has 0 saturated carbocycles. The van der Waals surface area contributed by atoms with Crippen LogP contribution in [0, 0.1) is 6.92 Å². The van der Waals surface area contributed by atoms with Crippen molar-refractivity contribution in [3.8, 4) is 0 Å². The highest BCUT2D eigenvalue weighted by Gasteiger charge is 2.03. The Balaban J connectivity index is 2.07. The average molecular weight is 220 g/mol. The maximum atomic E-state index is 4.96. The molecule has 0 spiro atoms. The Morgan fingerprint density at radius 1 is 1.44 bits per heavy atom. The van der Waals surface area contributed by atoms with E-state index in [2.05, 4.69) is 21.6 Å². The molecule has 5 nitrogen and oxygen atoms in total. The second kappa shape index (κ2) is 5.05. The van der Waals surface area contributed by atoms with E-state index in [4.69, 9.17) is 4.74 Å². The van der Waals surface area contributed by atoms with Crippen LogP contribution in [0.5, 0.6) is 0 Å². The molecular weight excluding hydrogens is 204 g/mol. The van der Waals surface area contributed by atoms with Gasteiger partial charge in [0.1, 0.15) is 0 Å². The zero-order valence-corrected chi connectivity index (χ0v) is 9.60. The molecule has 86 valence electrons. The third kappa shape index (κ3) is 2.37. The molecule has 0 atom stereocenters. The van der Waals surface area contributed by atoms with Gasteiger partial charge in [0.25, 0.3) is 0 Å². The van der Waals surface area contributed by atoms with Crippen molar-refractivity contribution < 1.29 is 4.74 Å². The topological polar surface area (TPSA) is 51.5 Å². The monoisotopic (exact) mass is 220 g/mol. The Morgan fingerprint density at radius 2 is 2.31 bits per heavy atom. The average Bonchev–Trinajstić information content (AvgIpc) is 2.67. The number of nitrogens with zero attached hydrogens (tertiary/aromatic N) is 3. The number of ether oxygens (including phenoxy) is 1. The van der Waals surface area contributed by atoms with Crippen LogP contribution in [-0.4, -0.2) is 34.9 Å². The first kappa shape index (κ1) is 11.0. The Kier molecular flexibility index (Phi) is 3.48. The molecule has 5 heteroatoms. The fourth-order valence-electron chi connectivity index (χ4n) is 1.54. The second-order valence-electron chi connectivity index (χ2n) is 3.72. The molecule has 2 aromatic heterocycles. The van der Waals surface area contributed by atoms with Crippen LogP contribution < -0.4 is 5.32 Å². The molecule has 0 aliphatic rings. The molecule has 1 N–H and O–H groups in total. The van der Waals surface area contributed by atoms with Gasteiger partial charge >= 0.3 is 0 Å². The smallest absolute Gasteiger partial charge is 0.161 e. The van der Waals surface area contributed by atoms with Crippen molar-refractivity contribution in [2.45, 2.75) is 13.5 Å². The van der Waals surface area contributed by atoms with E-state index in [1.807, 2.05) is 23.6 Å². The Labute approximate surface area is 94.4 Å². The number of nitrogens with one attached hydrogen (secondary N) is 1. The highest BCUT2D eigenvalue weighted by molar-refractivity contribution is 5.40. The molecule has 0 bridgehead atoms. The normalized spacial score (nSPS) is 11.1. The highest BCUT2D eigenvalue weighted by atomic mass is 16.5. The number of aryl methyl sites for hydroxylation is 1. The van der Waals surface area contributed by atoms with Gasteiger partial charge in [0, 0.05) is 19.9 Å². The van der Waals surface area contributed by atoms with Gasteiger partial charge in [0.15, 0.2) is 11.5 Å². The van der Waals surface area contributed by atoms with E-state index in [0.717, 1.165) is 18.0 Å². The summed E-state index contributed by atoms with van der Waals surface area (Å²) in [5.74, 6) is 0.922. The third-order valence-corrected chi connectivity index (χ3v) is 2.40. The Morgan fingerprint density at radius 3 is 3.12 bits per heavy atom. The van der Waals surface area contributed by atoms with E-state index >= 15 is 0 Å². The lowest BCUT2D eigenvalue weighted by atomic mass is 10.3. The van der Waals surface area contributed by atoms with Crippen molar-refractivity contribution in [3.05, 3.63) is 29.7 Å². The van der Waals surface area contributed by atoms with Crippen LogP contribution in [-0.2, 0) is 11.3 Å². The van der Waals surface area contributed by atoms with Gasteiger partial charge in [-0.15, -0.1) is 10.2 Å². The number of pyridine rings is 1. The lowest BCUT2D eigenvalue weighted by Crippen LogP contribution is -2.20. The number of hydrogen-bond donors (Lipinski definition) is 1. The predicted octanol–water partition coefficient (Wildman–Crippen LogP) is 0.774. The molecule has 0 amide bonds. The van der Waals surface area contributed by atoms with E-state index in [9.17, 15) is 0 Å². The molecule has 0 radical (unpaired) electrons. The fraction of sp³-hybridized carbons (Fsp3) is 0.455. The van der Waals surface area contributed by atoms with Crippen LogP contribution in [0.2, 0.25) is 0 Å². The second-order valence-corrected chi connectivity index (χ2v) is 3.72. The summed E-state index contributed by atoms with van der Waals surface area (Å²) in [6, 6.07) is 4.07. The molecule has 0 unspecified atom stereocenters.